The Morgan fingerprint density at radius 1 is 1.03 bits per heavy atom. The molecule has 0 aliphatic heterocycles. The molecule has 0 fully saturated rings. The fourth-order valence-electron chi connectivity index (χ4n) is 3.47. The van der Waals surface area contributed by atoms with Crippen LogP contribution in [-0.2, 0) is 10.0 Å². The Kier molecular flexibility index (Phi) is 6.49. The number of aromatic nitrogens is 1. The molecule has 0 radical (unpaired) electrons. The van der Waals surface area contributed by atoms with Gasteiger partial charge in [0, 0.05) is 28.9 Å². The average Bonchev–Trinajstić information content (AvgIpc) is 3.31. The molecule has 4 rings (SSSR count). The predicted molar refractivity (Wildman–Crippen MR) is 129 cm³/mol. The van der Waals surface area contributed by atoms with E-state index in [1.54, 1.807) is 0 Å². The average molecular weight is 514 g/mol. The number of nitro groups is 1. The minimum absolute atomic E-state index is 0.00827. The van der Waals surface area contributed by atoms with Crippen molar-refractivity contribution in [2.75, 3.05) is 19.5 Å². The smallest absolute Gasteiger partial charge is 0.293 e. The van der Waals surface area contributed by atoms with Gasteiger partial charge in [-0.05, 0) is 48.5 Å². The fourth-order valence-corrected chi connectivity index (χ4v) is 4.44. The van der Waals surface area contributed by atoms with Gasteiger partial charge in [-0.1, -0.05) is 0 Å². The minimum atomic E-state index is -4.24. The van der Waals surface area contributed by atoms with E-state index in [0.717, 1.165) is 0 Å². The van der Waals surface area contributed by atoms with Crippen molar-refractivity contribution < 1.29 is 32.0 Å². The van der Waals surface area contributed by atoms with Crippen LogP contribution in [0.1, 0.15) is 10.5 Å². The van der Waals surface area contributed by atoms with Gasteiger partial charge in [0.2, 0.25) is 0 Å². The van der Waals surface area contributed by atoms with Crippen LogP contribution in [0.25, 0.3) is 10.9 Å². The summed E-state index contributed by atoms with van der Waals surface area (Å²) in [6.07, 6.45) is 0. The molecule has 13 heteroatoms. The van der Waals surface area contributed by atoms with Gasteiger partial charge in [0.25, 0.3) is 21.6 Å². The molecule has 3 aromatic carbocycles. The molecule has 0 spiro atoms. The summed E-state index contributed by atoms with van der Waals surface area (Å²) < 4.78 is 51.0. The van der Waals surface area contributed by atoms with Crippen molar-refractivity contribution in [3.63, 3.8) is 0 Å². The molecule has 0 aliphatic rings. The van der Waals surface area contributed by atoms with Gasteiger partial charge in [-0.3, -0.25) is 14.9 Å². The van der Waals surface area contributed by atoms with Crippen LogP contribution >= 0.6 is 0 Å². The number of amides is 1. The van der Waals surface area contributed by atoms with Crippen molar-refractivity contribution in [3.05, 3.63) is 82.3 Å². The summed E-state index contributed by atoms with van der Waals surface area (Å²) in [5, 5.41) is 14.8. The number of aromatic amines is 1. The van der Waals surface area contributed by atoms with E-state index < -0.39 is 26.7 Å². The van der Waals surface area contributed by atoms with Crippen molar-refractivity contribution in [2.24, 2.45) is 0 Å². The number of nitrogens with one attached hydrogen (secondary N) is 3. The number of nitrogens with zero attached hydrogens (tertiary/aromatic N) is 1. The number of anilines is 2. The highest BCUT2D eigenvalue weighted by Crippen LogP contribution is 2.34. The zero-order valence-electron chi connectivity index (χ0n) is 18.9. The first kappa shape index (κ1) is 24.5. The molecule has 11 nitrogen and oxygen atoms in total. The van der Waals surface area contributed by atoms with E-state index in [4.69, 9.17) is 9.47 Å². The van der Waals surface area contributed by atoms with Crippen LogP contribution in [0.4, 0.5) is 21.5 Å². The Labute approximate surface area is 204 Å². The third kappa shape index (κ3) is 4.77. The van der Waals surface area contributed by atoms with E-state index in [1.165, 1.54) is 74.9 Å². The quantitative estimate of drug-likeness (QED) is 0.235. The molecule has 1 heterocycles. The molecular weight excluding hydrogens is 495 g/mol. The molecule has 1 aromatic heterocycles. The number of hydrogen-bond donors (Lipinski definition) is 3. The van der Waals surface area contributed by atoms with Gasteiger partial charge >= 0.3 is 0 Å². The maximum absolute atomic E-state index is 13.8. The lowest BCUT2D eigenvalue weighted by Gasteiger charge is -2.10. The van der Waals surface area contributed by atoms with Crippen LogP contribution in [0.3, 0.4) is 0 Å². The van der Waals surface area contributed by atoms with Gasteiger partial charge < -0.3 is 19.8 Å². The number of rotatable bonds is 8. The number of hydrogen-bond acceptors (Lipinski definition) is 8. The van der Waals surface area contributed by atoms with Gasteiger partial charge in [0.05, 0.1) is 24.0 Å². The summed E-state index contributed by atoms with van der Waals surface area (Å²) in [4.78, 5) is 26.2. The van der Waals surface area contributed by atoms with Gasteiger partial charge in [-0.25, -0.2) is 17.5 Å². The highest BCUT2D eigenvalue weighted by atomic mass is 32.2. The fraction of sp³-hybridized carbons (Fsp3) is 0.0870. The molecular formula is C23H19FN4O7S. The number of fused-ring (bicyclic) bond motifs is 1. The third-order valence-electron chi connectivity index (χ3n) is 5.24. The number of non-ortho nitro benzene ring substituents is 1. The summed E-state index contributed by atoms with van der Waals surface area (Å²) in [6.45, 7) is 0. The first-order valence-corrected chi connectivity index (χ1v) is 11.7. The van der Waals surface area contributed by atoms with Crippen molar-refractivity contribution >= 4 is 43.9 Å². The summed E-state index contributed by atoms with van der Waals surface area (Å²) in [5.41, 5.74) is 0.196. The Morgan fingerprint density at radius 2 is 1.75 bits per heavy atom. The molecule has 0 saturated heterocycles. The Bertz CT molecular complexity index is 1580. The van der Waals surface area contributed by atoms with Gasteiger partial charge in [-0.15, -0.1) is 0 Å². The SMILES string of the molecule is COc1ccc(S(=O)(=O)NC(=O)c2cc3c(Nc4ccc(F)c(OC)c4)ccc([N+](=O)[O-])c3[nH]2)cc1. The van der Waals surface area contributed by atoms with Gasteiger partial charge in [0.15, 0.2) is 11.6 Å². The van der Waals surface area contributed by atoms with E-state index in [2.05, 4.69) is 10.3 Å². The second-order valence-electron chi connectivity index (χ2n) is 7.45. The number of H-pyrrole nitrogens is 1. The van der Waals surface area contributed by atoms with E-state index in [9.17, 15) is 27.7 Å². The lowest BCUT2D eigenvalue weighted by Crippen LogP contribution is -2.30. The number of halogens is 1. The normalized spacial score (nSPS) is 11.2. The van der Waals surface area contributed by atoms with Crippen molar-refractivity contribution in [3.8, 4) is 11.5 Å². The zero-order valence-corrected chi connectivity index (χ0v) is 19.7. The van der Waals surface area contributed by atoms with Crippen LogP contribution < -0.4 is 19.5 Å². The van der Waals surface area contributed by atoms with Crippen LogP contribution in [0.2, 0.25) is 0 Å². The van der Waals surface area contributed by atoms with Crippen LogP contribution in [0, 0.1) is 15.9 Å². The molecule has 4 aromatic rings. The van der Waals surface area contributed by atoms with E-state index >= 15 is 0 Å². The molecule has 0 unspecified atom stereocenters. The van der Waals surface area contributed by atoms with Crippen LogP contribution in [-0.4, -0.2) is 38.5 Å². The highest BCUT2D eigenvalue weighted by Gasteiger charge is 2.24. The molecule has 36 heavy (non-hydrogen) atoms. The second-order valence-corrected chi connectivity index (χ2v) is 9.13. The maximum Gasteiger partial charge on any atom is 0.293 e. The number of nitro benzene ring substituents is 1. The molecule has 0 atom stereocenters. The van der Waals surface area contributed by atoms with E-state index in [0.29, 0.717) is 17.1 Å². The summed E-state index contributed by atoms with van der Waals surface area (Å²) >= 11 is 0. The number of sulfonamides is 1. The second kappa shape index (κ2) is 9.54. The standard InChI is InChI=1S/C23H19FN4O7S/c1-34-14-4-6-15(7-5-14)36(32,33)27-23(29)19-12-16-18(9-10-20(28(30)31)22(16)26-19)25-13-3-8-17(24)21(11-13)35-2/h3-12,25-26H,1-2H3,(H,27,29). The van der Waals surface area contributed by atoms with Gasteiger partial charge in [0.1, 0.15) is 17.0 Å². The number of methoxy groups -OCH3 is 2. The molecule has 3 N–H and O–H groups in total. The molecule has 1 amide bonds. The number of carbonyl (C=O) groups is 1. The van der Waals surface area contributed by atoms with E-state index in [1.807, 2.05) is 4.72 Å². The van der Waals surface area contributed by atoms with Gasteiger partial charge in [-0.2, -0.15) is 0 Å². The van der Waals surface area contributed by atoms with Crippen molar-refractivity contribution in [2.45, 2.75) is 4.90 Å². The molecule has 186 valence electrons. The van der Waals surface area contributed by atoms with Crippen LogP contribution in [0.15, 0.2) is 65.6 Å². The lowest BCUT2D eigenvalue weighted by molar-refractivity contribution is -0.383. The van der Waals surface area contributed by atoms with Crippen molar-refractivity contribution in [1.29, 1.82) is 0 Å². The number of ether oxygens (including phenoxy) is 2. The lowest BCUT2D eigenvalue weighted by atomic mass is 10.1. The van der Waals surface area contributed by atoms with Crippen LogP contribution in [0.5, 0.6) is 11.5 Å². The molecule has 0 saturated carbocycles. The third-order valence-corrected chi connectivity index (χ3v) is 6.59. The van der Waals surface area contributed by atoms with E-state index in [-0.39, 0.29) is 32.9 Å². The van der Waals surface area contributed by atoms with Crippen molar-refractivity contribution in [1.82, 2.24) is 9.71 Å². The summed E-state index contributed by atoms with van der Waals surface area (Å²) in [6, 6.07) is 13.3. The first-order valence-electron chi connectivity index (χ1n) is 10.2. The Morgan fingerprint density at radius 3 is 2.39 bits per heavy atom. The highest BCUT2D eigenvalue weighted by molar-refractivity contribution is 7.90. The summed E-state index contributed by atoms with van der Waals surface area (Å²) in [7, 11) is -1.51. The largest absolute Gasteiger partial charge is 0.497 e. The number of benzene rings is 3. The first-order chi connectivity index (χ1) is 17.1. The monoisotopic (exact) mass is 514 g/mol. The predicted octanol–water partition coefficient (Wildman–Crippen LogP) is 4.09. The minimum Gasteiger partial charge on any atom is -0.497 e. The number of carbonyl (C=O) groups excluding carboxylic acids is 1. The summed E-state index contributed by atoms with van der Waals surface area (Å²) in [5.74, 6) is -1.18. The zero-order chi connectivity index (χ0) is 26.0. The Balaban J connectivity index is 1.70. The molecule has 0 bridgehead atoms. The molecule has 0 aliphatic carbocycles. The maximum atomic E-state index is 13.8. The Hall–Kier alpha value is -4.65. The topological polar surface area (TPSA) is 153 Å².